The monoisotopic (exact) mass is 183 g/mol. The van der Waals surface area contributed by atoms with Crippen molar-refractivity contribution in [2.45, 2.75) is 0 Å². The minimum Gasteiger partial charge on any atom is -0.396 e. The maximum atomic E-state index is 12.9. The van der Waals surface area contributed by atoms with E-state index in [0.717, 1.165) is 18.3 Å². The van der Waals surface area contributed by atoms with Crippen molar-refractivity contribution >= 4 is 17.6 Å². The zero-order valence-corrected chi connectivity index (χ0v) is 6.45. The molecule has 0 atom stereocenters. The summed E-state index contributed by atoms with van der Waals surface area (Å²) < 4.78 is 12.9. The molecular weight excluding hydrogens is 177 g/mol. The number of benzene rings is 1. The lowest BCUT2D eigenvalue weighted by molar-refractivity contribution is -0.385. The van der Waals surface area contributed by atoms with Gasteiger partial charge in [0.2, 0.25) is 0 Å². The largest absolute Gasteiger partial charge is 0.396 e. The molecule has 1 aromatic rings. The van der Waals surface area contributed by atoms with Gasteiger partial charge in [-0.3, -0.25) is 10.1 Å². The van der Waals surface area contributed by atoms with E-state index in [1.807, 2.05) is 0 Å². The maximum Gasteiger partial charge on any atom is 0.273 e. The van der Waals surface area contributed by atoms with Gasteiger partial charge in [0.15, 0.2) is 5.82 Å². The molecule has 1 rings (SSSR count). The summed E-state index contributed by atoms with van der Waals surface area (Å²) in [6.45, 7) is 0. The van der Waals surface area contributed by atoms with Crippen molar-refractivity contribution in [2.75, 3.05) is 5.73 Å². The van der Waals surface area contributed by atoms with Gasteiger partial charge in [0.25, 0.3) is 5.69 Å². The second kappa shape index (κ2) is 3.18. The average Bonchev–Trinajstić information content (AvgIpc) is 2.09. The maximum absolute atomic E-state index is 12.9. The highest BCUT2D eigenvalue weighted by molar-refractivity contribution is 5.86. The van der Waals surface area contributed by atoms with Crippen molar-refractivity contribution in [1.82, 2.24) is 0 Å². The molecule has 5 nitrogen and oxygen atoms in total. The molecule has 3 N–H and O–H groups in total. The Morgan fingerprint density at radius 1 is 1.62 bits per heavy atom. The van der Waals surface area contributed by atoms with Crippen LogP contribution in [-0.2, 0) is 0 Å². The smallest absolute Gasteiger partial charge is 0.273 e. The van der Waals surface area contributed by atoms with E-state index in [9.17, 15) is 14.5 Å². The van der Waals surface area contributed by atoms with Crippen LogP contribution < -0.4 is 5.73 Å². The Balaban J connectivity index is 3.38. The first kappa shape index (κ1) is 9.11. The van der Waals surface area contributed by atoms with Crippen LogP contribution in [0.25, 0.3) is 0 Å². The molecule has 1 aromatic carbocycles. The molecule has 0 aliphatic carbocycles. The van der Waals surface area contributed by atoms with Gasteiger partial charge in [-0.1, -0.05) is 0 Å². The molecule has 68 valence electrons. The van der Waals surface area contributed by atoms with E-state index in [0.29, 0.717) is 0 Å². The average molecular weight is 183 g/mol. The number of halogens is 1. The highest BCUT2D eigenvalue weighted by atomic mass is 19.1. The molecule has 0 saturated carbocycles. The van der Waals surface area contributed by atoms with Crippen LogP contribution in [0.2, 0.25) is 0 Å². The number of hydrogen-bond donors (Lipinski definition) is 2. The molecule has 0 saturated heterocycles. The molecule has 6 heteroatoms. The molecule has 0 spiro atoms. The molecule has 13 heavy (non-hydrogen) atoms. The Morgan fingerprint density at radius 2 is 2.23 bits per heavy atom. The molecule has 0 aliphatic heterocycles. The van der Waals surface area contributed by atoms with Crippen LogP contribution in [0.1, 0.15) is 5.56 Å². The first-order chi connectivity index (χ1) is 6.06. The van der Waals surface area contributed by atoms with Gasteiger partial charge < -0.3 is 11.1 Å². The van der Waals surface area contributed by atoms with Gasteiger partial charge in [-0.05, 0) is 0 Å². The first-order valence-electron chi connectivity index (χ1n) is 3.30. The van der Waals surface area contributed by atoms with Crippen LogP contribution in [0.15, 0.2) is 12.1 Å². The first-order valence-corrected chi connectivity index (χ1v) is 3.30. The van der Waals surface area contributed by atoms with Gasteiger partial charge in [0, 0.05) is 17.8 Å². The van der Waals surface area contributed by atoms with Crippen LogP contribution in [0, 0.1) is 21.3 Å². The van der Waals surface area contributed by atoms with Gasteiger partial charge in [0.05, 0.1) is 16.7 Å². The number of nitrogens with one attached hydrogen (secondary N) is 1. The highest BCUT2D eigenvalue weighted by Crippen LogP contribution is 2.21. The number of nitrogen functional groups attached to an aromatic ring is 1. The van der Waals surface area contributed by atoms with Crippen LogP contribution in [0.4, 0.5) is 15.8 Å². The predicted molar refractivity (Wildman–Crippen MR) is 45.4 cm³/mol. The van der Waals surface area contributed by atoms with E-state index in [1.54, 1.807) is 0 Å². The minimum atomic E-state index is -0.882. The number of non-ortho nitro benzene ring substituents is 1. The quantitative estimate of drug-likeness (QED) is 0.313. The van der Waals surface area contributed by atoms with Crippen molar-refractivity contribution in [1.29, 1.82) is 5.41 Å². The Morgan fingerprint density at radius 3 is 2.69 bits per heavy atom. The van der Waals surface area contributed by atoms with E-state index < -0.39 is 16.4 Å². The third kappa shape index (κ3) is 1.61. The number of nitro benzene ring substituents is 1. The third-order valence-electron chi connectivity index (χ3n) is 1.51. The summed E-state index contributed by atoms with van der Waals surface area (Å²) in [5, 5.41) is 17.1. The van der Waals surface area contributed by atoms with Crippen molar-refractivity contribution in [3.63, 3.8) is 0 Å². The molecule has 0 fully saturated rings. The van der Waals surface area contributed by atoms with Gasteiger partial charge >= 0.3 is 0 Å². The van der Waals surface area contributed by atoms with E-state index in [4.69, 9.17) is 11.1 Å². The third-order valence-corrected chi connectivity index (χ3v) is 1.51. The summed E-state index contributed by atoms with van der Waals surface area (Å²) in [6.07, 6.45) is 0.769. The fraction of sp³-hybridized carbons (Fsp3) is 0. The van der Waals surface area contributed by atoms with Gasteiger partial charge in [0.1, 0.15) is 0 Å². The molecule has 0 radical (unpaired) electrons. The van der Waals surface area contributed by atoms with Crippen LogP contribution in [0.3, 0.4) is 0 Å². The molecule has 0 heterocycles. The number of nitro groups is 1. The topological polar surface area (TPSA) is 93.0 Å². The fourth-order valence-corrected chi connectivity index (χ4v) is 0.849. The fourth-order valence-electron chi connectivity index (χ4n) is 0.849. The summed E-state index contributed by atoms with van der Waals surface area (Å²) >= 11 is 0. The molecule has 0 unspecified atom stereocenters. The Labute approximate surface area is 72.6 Å². The van der Waals surface area contributed by atoms with Crippen LogP contribution in [0.5, 0.6) is 0 Å². The van der Waals surface area contributed by atoms with Gasteiger partial charge in [-0.25, -0.2) is 4.39 Å². The van der Waals surface area contributed by atoms with E-state index in [2.05, 4.69) is 0 Å². The highest BCUT2D eigenvalue weighted by Gasteiger charge is 2.12. The second-order valence-corrected chi connectivity index (χ2v) is 2.33. The standard InChI is InChI=1S/C7H6FN3O2/c8-6-2-5(11(12)13)1-4(3-9)7(6)10/h1-3,9H,10H2. The van der Waals surface area contributed by atoms with E-state index in [1.165, 1.54) is 0 Å². The van der Waals surface area contributed by atoms with Crippen molar-refractivity contribution in [2.24, 2.45) is 0 Å². The number of hydrogen-bond acceptors (Lipinski definition) is 4. The normalized spacial score (nSPS) is 9.62. The molecular formula is C7H6FN3O2. The lowest BCUT2D eigenvalue weighted by atomic mass is 10.1. The van der Waals surface area contributed by atoms with Crippen molar-refractivity contribution in [3.8, 4) is 0 Å². The zero-order valence-electron chi connectivity index (χ0n) is 6.45. The summed E-state index contributed by atoms with van der Waals surface area (Å²) in [6, 6.07) is 1.77. The summed E-state index contributed by atoms with van der Waals surface area (Å²) in [5.74, 6) is -0.882. The molecule has 0 aromatic heterocycles. The van der Waals surface area contributed by atoms with E-state index in [-0.39, 0.29) is 11.3 Å². The Hall–Kier alpha value is -1.98. The van der Waals surface area contributed by atoms with Gasteiger partial charge in [-0.2, -0.15) is 0 Å². The Kier molecular flexibility index (Phi) is 2.23. The lowest BCUT2D eigenvalue weighted by Gasteiger charge is -2.00. The van der Waals surface area contributed by atoms with Crippen LogP contribution >= 0.6 is 0 Å². The van der Waals surface area contributed by atoms with Crippen LogP contribution in [-0.4, -0.2) is 11.1 Å². The molecule has 0 bridgehead atoms. The van der Waals surface area contributed by atoms with Gasteiger partial charge in [-0.15, -0.1) is 0 Å². The summed E-state index contributed by atoms with van der Waals surface area (Å²) in [7, 11) is 0. The minimum absolute atomic E-state index is 0.00620. The number of rotatable bonds is 2. The van der Waals surface area contributed by atoms with Crippen molar-refractivity contribution < 1.29 is 9.31 Å². The summed E-state index contributed by atoms with van der Waals surface area (Å²) in [5.41, 5.74) is 4.56. The number of anilines is 1. The second-order valence-electron chi connectivity index (χ2n) is 2.33. The zero-order chi connectivity index (χ0) is 10.0. The molecule has 0 amide bonds. The summed E-state index contributed by atoms with van der Waals surface area (Å²) in [4.78, 5) is 9.52. The Bertz CT molecular complexity index is 378. The number of nitrogens with two attached hydrogens (primary N) is 1. The SMILES string of the molecule is N=Cc1cc([N+](=O)[O-])cc(F)c1N. The molecule has 0 aliphatic rings. The predicted octanol–water partition coefficient (Wildman–Crippen LogP) is 1.31. The van der Waals surface area contributed by atoms with Crippen molar-refractivity contribution in [3.05, 3.63) is 33.6 Å². The number of nitrogens with zero attached hydrogens (tertiary/aromatic N) is 1. The van der Waals surface area contributed by atoms with E-state index >= 15 is 0 Å². The lowest BCUT2D eigenvalue weighted by Crippen LogP contribution is -1.99.